The third kappa shape index (κ3) is 1.90. The van der Waals surface area contributed by atoms with Gasteiger partial charge >= 0.3 is 0 Å². The first-order valence-corrected chi connectivity index (χ1v) is 5.30. The fourth-order valence-electron chi connectivity index (χ4n) is 2.40. The van der Waals surface area contributed by atoms with Crippen molar-refractivity contribution in [3.63, 3.8) is 0 Å². The highest BCUT2D eigenvalue weighted by Crippen LogP contribution is 2.21. The van der Waals surface area contributed by atoms with Crippen LogP contribution < -0.4 is 0 Å². The zero-order valence-electron chi connectivity index (χ0n) is 8.58. The minimum Gasteiger partial charge on any atom is -0.341 e. The van der Waals surface area contributed by atoms with Gasteiger partial charge in [0.15, 0.2) is 0 Å². The van der Waals surface area contributed by atoms with E-state index in [0.717, 1.165) is 26.1 Å². The molecule has 2 aliphatic rings. The summed E-state index contributed by atoms with van der Waals surface area (Å²) in [5.74, 6) is 0.142. The van der Waals surface area contributed by atoms with Crippen LogP contribution in [0.4, 0.5) is 4.39 Å². The standard InChI is InChI=1S/C10H17FN2O/c1-8(14)12-5-3-10(7-12)13-4-2-9(11)6-13/h9-10H,2-7H2,1H3. The first-order chi connectivity index (χ1) is 6.66. The van der Waals surface area contributed by atoms with Gasteiger partial charge in [0, 0.05) is 39.1 Å². The summed E-state index contributed by atoms with van der Waals surface area (Å²) in [5.41, 5.74) is 0. The van der Waals surface area contributed by atoms with Gasteiger partial charge in [-0.05, 0) is 12.8 Å². The number of carbonyl (C=O) groups excluding carboxylic acids is 1. The molecular formula is C10H17FN2O. The molecule has 1 amide bonds. The summed E-state index contributed by atoms with van der Waals surface area (Å²) < 4.78 is 13.0. The molecule has 0 aliphatic carbocycles. The molecule has 0 aromatic rings. The van der Waals surface area contributed by atoms with Crippen LogP contribution in [0.5, 0.6) is 0 Å². The van der Waals surface area contributed by atoms with Gasteiger partial charge in [-0.15, -0.1) is 0 Å². The summed E-state index contributed by atoms with van der Waals surface area (Å²) in [7, 11) is 0. The van der Waals surface area contributed by atoms with Crippen LogP contribution in [0.2, 0.25) is 0 Å². The SMILES string of the molecule is CC(=O)N1CCC(N2CCC(F)C2)C1. The molecule has 0 radical (unpaired) electrons. The van der Waals surface area contributed by atoms with Gasteiger partial charge in [-0.2, -0.15) is 0 Å². The van der Waals surface area contributed by atoms with Crippen LogP contribution in [0.3, 0.4) is 0 Å². The number of rotatable bonds is 1. The maximum absolute atomic E-state index is 13.0. The van der Waals surface area contributed by atoms with Gasteiger partial charge < -0.3 is 4.90 Å². The molecule has 14 heavy (non-hydrogen) atoms. The molecule has 0 saturated carbocycles. The molecule has 2 unspecified atom stereocenters. The van der Waals surface area contributed by atoms with Crippen molar-refractivity contribution in [2.24, 2.45) is 0 Å². The Balaban J connectivity index is 1.86. The summed E-state index contributed by atoms with van der Waals surface area (Å²) >= 11 is 0. The summed E-state index contributed by atoms with van der Waals surface area (Å²) in [4.78, 5) is 15.1. The van der Waals surface area contributed by atoms with E-state index in [1.807, 2.05) is 4.90 Å². The van der Waals surface area contributed by atoms with Gasteiger partial charge in [-0.25, -0.2) is 4.39 Å². The van der Waals surface area contributed by atoms with Gasteiger partial charge in [-0.3, -0.25) is 9.69 Å². The highest BCUT2D eigenvalue weighted by molar-refractivity contribution is 5.73. The van der Waals surface area contributed by atoms with Gasteiger partial charge in [0.2, 0.25) is 5.91 Å². The Hall–Kier alpha value is -0.640. The molecule has 2 atom stereocenters. The molecule has 0 N–H and O–H groups in total. The van der Waals surface area contributed by atoms with Crippen molar-refractivity contribution in [3.05, 3.63) is 0 Å². The van der Waals surface area contributed by atoms with E-state index in [9.17, 15) is 9.18 Å². The van der Waals surface area contributed by atoms with Crippen molar-refractivity contribution in [1.82, 2.24) is 9.80 Å². The van der Waals surface area contributed by atoms with Crippen LogP contribution in [0.1, 0.15) is 19.8 Å². The molecule has 0 bridgehead atoms. The molecular weight excluding hydrogens is 183 g/mol. The lowest BCUT2D eigenvalue weighted by Gasteiger charge is -2.23. The van der Waals surface area contributed by atoms with E-state index in [-0.39, 0.29) is 5.91 Å². The molecule has 2 saturated heterocycles. The van der Waals surface area contributed by atoms with E-state index in [2.05, 4.69) is 4.90 Å². The molecule has 2 rings (SSSR count). The van der Waals surface area contributed by atoms with Crippen LogP contribution >= 0.6 is 0 Å². The fourth-order valence-corrected chi connectivity index (χ4v) is 2.40. The van der Waals surface area contributed by atoms with Gasteiger partial charge in [0.25, 0.3) is 0 Å². The topological polar surface area (TPSA) is 23.6 Å². The Morgan fingerprint density at radius 1 is 1.29 bits per heavy atom. The summed E-state index contributed by atoms with van der Waals surface area (Å²) in [6, 6.07) is 0.402. The van der Waals surface area contributed by atoms with Gasteiger partial charge in [0.1, 0.15) is 6.17 Å². The number of nitrogens with zero attached hydrogens (tertiary/aromatic N) is 2. The Bertz CT molecular complexity index is 234. The number of hydrogen-bond donors (Lipinski definition) is 0. The second-order valence-electron chi connectivity index (χ2n) is 4.29. The highest BCUT2D eigenvalue weighted by Gasteiger charge is 2.33. The molecule has 0 spiro atoms. The number of hydrogen-bond acceptors (Lipinski definition) is 2. The van der Waals surface area contributed by atoms with Crippen molar-refractivity contribution in [2.75, 3.05) is 26.2 Å². The molecule has 0 aromatic carbocycles. The molecule has 2 fully saturated rings. The number of alkyl halides is 1. The number of halogens is 1. The van der Waals surface area contributed by atoms with Crippen molar-refractivity contribution in [2.45, 2.75) is 32.0 Å². The zero-order valence-corrected chi connectivity index (χ0v) is 8.58. The van der Waals surface area contributed by atoms with E-state index in [1.165, 1.54) is 0 Å². The average molecular weight is 200 g/mol. The van der Waals surface area contributed by atoms with E-state index < -0.39 is 6.17 Å². The minimum absolute atomic E-state index is 0.142. The van der Waals surface area contributed by atoms with Crippen LogP contribution in [0.25, 0.3) is 0 Å². The van der Waals surface area contributed by atoms with Gasteiger partial charge in [0.05, 0.1) is 0 Å². The van der Waals surface area contributed by atoms with E-state index in [4.69, 9.17) is 0 Å². The lowest BCUT2D eigenvalue weighted by atomic mass is 10.2. The Kier molecular flexibility index (Phi) is 2.72. The van der Waals surface area contributed by atoms with Crippen molar-refractivity contribution in [3.8, 4) is 0 Å². The fraction of sp³-hybridized carbons (Fsp3) is 0.900. The monoisotopic (exact) mass is 200 g/mol. The average Bonchev–Trinajstić information content (AvgIpc) is 2.70. The molecule has 4 heteroatoms. The lowest BCUT2D eigenvalue weighted by Crippen LogP contribution is -2.37. The number of carbonyl (C=O) groups is 1. The van der Waals surface area contributed by atoms with Crippen molar-refractivity contribution < 1.29 is 9.18 Å². The largest absolute Gasteiger partial charge is 0.341 e. The second kappa shape index (κ2) is 3.85. The highest BCUT2D eigenvalue weighted by atomic mass is 19.1. The van der Waals surface area contributed by atoms with Crippen molar-refractivity contribution >= 4 is 5.91 Å². The van der Waals surface area contributed by atoms with Crippen LogP contribution in [-0.4, -0.2) is 54.1 Å². The third-order valence-corrected chi connectivity index (χ3v) is 3.29. The summed E-state index contributed by atoms with van der Waals surface area (Å²) in [6.45, 7) is 4.66. The third-order valence-electron chi connectivity index (χ3n) is 3.29. The number of amides is 1. The first kappa shape index (κ1) is 9.90. The quantitative estimate of drug-likeness (QED) is 0.620. The smallest absolute Gasteiger partial charge is 0.219 e. The molecule has 80 valence electrons. The molecule has 2 heterocycles. The second-order valence-corrected chi connectivity index (χ2v) is 4.29. The van der Waals surface area contributed by atoms with E-state index >= 15 is 0 Å². The Labute approximate surface area is 83.9 Å². The lowest BCUT2D eigenvalue weighted by molar-refractivity contribution is -0.127. The zero-order chi connectivity index (χ0) is 10.1. The van der Waals surface area contributed by atoms with Gasteiger partial charge in [-0.1, -0.05) is 0 Å². The van der Waals surface area contributed by atoms with Crippen LogP contribution in [0, 0.1) is 0 Å². The summed E-state index contributed by atoms with van der Waals surface area (Å²) in [6.07, 6.45) is 1.02. The van der Waals surface area contributed by atoms with E-state index in [1.54, 1.807) is 6.92 Å². The molecule has 3 nitrogen and oxygen atoms in total. The predicted molar refractivity (Wildman–Crippen MR) is 51.7 cm³/mol. The summed E-state index contributed by atoms with van der Waals surface area (Å²) in [5, 5.41) is 0. The van der Waals surface area contributed by atoms with E-state index in [0.29, 0.717) is 19.0 Å². The molecule has 0 aromatic heterocycles. The predicted octanol–water partition coefficient (Wildman–Crippen LogP) is 0.651. The van der Waals surface area contributed by atoms with Crippen LogP contribution in [0.15, 0.2) is 0 Å². The number of likely N-dealkylation sites (tertiary alicyclic amines) is 2. The minimum atomic E-state index is -0.652. The van der Waals surface area contributed by atoms with Crippen LogP contribution in [-0.2, 0) is 4.79 Å². The van der Waals surface area contributed by atoms with Crippen molar-refractivity contribution in [1.29, 1.82) is 0 Å². The Morgan fingerprint density at radius 2 is 2.07 bits per heavy atom. The normalized spacial score (nSPS) is 34.0. The first-order valence-electron chi connectivity index (χ1n) is 5.30. The molecule has 2 aliphatic heterocycles. The maximum atomic E-state index is 13.0. The Morgan fingerprint density at radius 3 is 2.57 bits per heavy atom. The maximum Gasteiger partial charge on any atom is 0.219 e.